The Hall–Kier alpha value is -1.62. The smallest absolute Gasteiger partial charge is 0.292 e. The minimum Gasteiger partial charge on any atom is -0.366 e. The van der Waals surface area contributed by atoms with Crippen molar-refractivity contribution in [1.82, 2.24) is 4.90 Å². The van der Waals surface area contributed by atoms with Gasteiger partial charge in [0.05, 0.1) is 4.92 Å². The molecule has 20 heavy (non-hydrogen) atoms. The highest BCUT2D eigenvalue weighted by atomic mass is 16.6. The molecule has 1 aliphatic rings. The first-order chi connectivity index (χ1) is 9.52. The number of hydrogen-bond acceptors (Lipinski definition) is 4. The fourth-order valence-electron chi connectivity index (χ4n) is 2.83. The summed E-state index contributed by atoms with van der Waals surface area (Å²) in [4.78, 5) is 15.4. The molecule has 110 valence electrons. The zero-order valence-electron chi connectivity index (χ0n) is 12.5. The summed E-state index contributed by atoms with van der Waals surface area (Å²) >= 11 is 0. The summed E-state index contributed by atoms with van der Waals surface area (Å²) in [6, 6.07) is 6.21. The topological polar surface area (TPSA) is 49.6 Å². The molecule has 0 unspecified atom stereocenters. The van der Waals surface area contributed by atoms with Gasteiger partial charge in [-0.15, -0.1) is 0 Å². The van der Waals surface area contributed by atoms with Gasteiger partial charge in [-0.3, -0.25) is 10.1 Å². The lowest BCUT2D eigenvalue weighted by molar-refractivity contribution is -0.384. The van der Waals surface area contributed by atoms with E-state index < -0.39 is 0 Å². The van der Waals surface area contributed by atoms with Crippen molar-refractivity contribution in [3.63, 3.8) is 0 Å². The Morgan fingerprint density at radius 1 is 1.35 bits per heavy atom. The molecule has 1 fully saturated rings. The Balaban J connectivity index is 2.19. The van der Waals surface area contributed by atoms with Crippen LogP contribution in [-0.4, -0.2) is 43.0 Å². The zero-order valence-corrected chi connectivity index (χ0v) is 12.5. The second-order valence-corrected chi connectivity index (χ2v) is 5.62. The van der Waals surface area contributed by atoms with Crippen molar-refractivity contribution in [2.45, 2.75) is 32.2 Å². The van der Waals surface area contributed by atoms with Crippen molar-refractivity contribution >= 4 is 11.4 Å². The lowest BCUT2D eigenvalue weighted by Gasteiger charge is -2.36. The first-order valence-corrected chi connectivity index (χ1v) is 7.21. The van der Waals surface area contributed by atoms with Crippen LogP contribution in [0.4, 0.5) is 11.4 Å². The van der Waals surface area contributed by atoms with E-state index in [4.69, 9.17) is 0 Å². The summed E-state index contributed by atoms with van der Waals surface area (Å²) < 4.78 is 0. The van der Waals surface area contributed by atoms with Gasteiger partial charge in [0.15, 0.2) is 0 Å². The number of hydrogen-bond donors (Lipinski definition) is 0. The number of nitro groups is 1. The molecule has 1 aliphatic heterocycles. The molecule has 1 heterocycles. The standard InChI is InChI=1S/C15H23N3O2/c1-4-12-5-6-14(15(11-12)18(19)20)17-9-7-13(8-10-17)16(2)3/h5-6,11,13H,4,7-10H2,1-3H3. The fraction of sp³-hybridized carbons (Fsp3) is 0.600. The Morgan fingerprint density at radius 3 is 2.50 bits per heavy atom. The van der Waals surface area contributed by atoms with Gasteiger partial charge < -0.3 is 9.80 Å². The van der Waals surface area contributed by atoms with Crippen molar-refractivity contribution in [1.29, 1.82) is 0 Å². The Bertz CT molecular complexity index is 480. The third kappa shape index (κ3) is 3.10. The molecule has 0 radical (unpaired) electrons. The van der Waals surface area contributed by atoms with E-state index in [1.807, 2.05) is 19.1 Å². The third-order valence-electron chi connectivity index (χ3n) is 4.18. The summed E-state index contributed by atoms with van der Waals surface area (Å²) in [7, 11) is 4.19. The van der Waals surface area contributed by atoms with Gasteiger partial charge in [-0.1, -0.05) is 13.0 Å². The van der Waals surface area contributed by atoms with Gasteiger partial charge in [0.1, 0.15) is 5.69 Å². The third-order valence-corrected chi connectivity index (χ3v) is 4.18. The number of nitro benzene ring substituents is 1. The van der Waals surface area contributed by atoms with Crippen molar-refractivity contribution < 1.29 is 4.92 Å². The molecule has 1 saturated heterocycles. The van der Waals surface area contributed by atoms with Crippen molar-refractivity contribution in [3.05, 3.63) is 33.9 Å². The molecule has 0 spiro atoms. The minimum absolute atomic E-state index is 0.243. The van der Waals surface area contributed by atoms with Crippen LogP contribution < -0.4 is 4.90 Å². The number of aryl methyl sites for hydroxylation is 1. The Morgan fingerprint density at radius 2 is 2.00 bits per heavy atom. The first-order valence-electron chi connectivity index (χ1n) is 7.21. The second-order valence-electron chi connectivity index (χ2n) is 5.62. The average Bonchev–Trinajstić information content (AvgIpc) is 2.46. The highest BCUT2D eigenvalue weighted by molar-refractivity contribution is 5.64. The minimum atomic E-state index is -0.257. The summed E-state index contributed by atoms with van der Waals surface area (Å²) in [6.07, 6.45) is 2.93. The second kappa shape index (κ2) is 6.22. The lowest BCUT2D eigenvalue weighted by atomic mass is 10.0. The van der Waals surface area contributed by atoms with Crippen LogP contribution in [0.1, 0.15) is 25.3 Å². The predicted molar refractivity (Wildman–Crippen MR) is 81.4 cm³/mol. The van der Waals surface area contributed by atoms with Gasteiger partial charge in [-0.2, -0.15) is 0 Å². The van der Waals surface area contributed by atoms with Gasteiger partial charge in [-0.05, 0) is 45.0 Å². The summed E-state index contributed by atoms with van der Waals surface area (Å²) in [5.41, 5.74) is 2.03. The summed E-state index contributed by atoms with van der Waals surface area (Å²) in [6.45, 7) is 3.78. The number of benzene rings is 1. The van der Waals surface area contributed by atoms with E-state index in [-0.39, 0.29) is 10.6 Å². The molecular formula is C15H23N3O2. The van der Waals surface area contributed by atoms with Crippen LogP contribution in [0.25, 0.3) is 0 Å². The van der Waals surface area contributed by atoms with Crippen molar-refractivity contribution in [2.75, 3.05) is 32.1 Å². The van der Waals surface area contributed by atoms with Crippen LogP contribution in [0, 0.1) is 10.1 Å². The summed E-state index contributed by atoms with van der Waals surface area (Å²) in [5.74, 6) is 0. The summed E-state index contributed by atoms with van der Waals surface area (Å²) in [5, 5.41) is 11.3. The van der Waals surface area contributed by atoms with Gasteiger partial charge in [0.25, 0.3) is 5.69 Å². The number of anilines is 1. The van der Waals surface area contributed by atoms with E-state index in [0.29, 0.717) is 6.04 Å². The molecule has 1 aromatic carbocycles. The monoisotopic (exact) mass is 277 g/mol. The number of rotatable bonds is 4. The molecule has 5 heteroatoms. The molecule has 5 nitrogen and oxygen atoms in total. The predicted octanol–water partition coefficient (Wildman–Crippen LogP) is 2.69. The maximum atomic E-state index is 11.3. The SMILES string of the molecule is CCc1ccc(N2CCC(N(C)C)CC2)c([N+](=O)[O-])c1. The van der Waals surface area contributed by atoms with E-state index in [1.54, 1.807) is 6.07 Å². The number of nitrogens with zero attached hydrogens (tertiary/aromatic N) is 3. The molecule has 0 atom stereocenters. The fourth-order valence-corrected chi connectivity index (χ4v) is 2.83. The largest absolute Gasteiger partial charge is 0.366 e. The Labute approximate surface area is 120 Å². The van der Waals surface area contributed by atoms with Gasteiger partial charge in [-0.25, -0.2) is 0 Å². The molecule has 2 rings (SSSR count). The van der Waals surface area contributed by atoms with Gasteiger partial charge >= 0.3 is 0 Å². The van der Waals surface area contributed by atoms with E-state index in [1.165, 1.54) is 0 Å². The molecular weight excluding hydrogens is 254 g/mol. The maximum Gasteiger partial charge on any atom is 0.292 e. The molecule has 0 amide bonds. The van der Waals surface area contributed by atoms with Crippen LogP contribution in [0.3, 0.4) is 0 Å². The first kappa shape index (κ1) is 14.8. The van der Waals surface area contributed by atoms with Crippen molar-refractivity contribution in [2.24, 2.45) is 0 Å². The highest BCUT2D eigenvalue weighted by Gasteiger charge is 2.25. The van der Waals surface area contributed by atoms with Crippen LogP contribution in [0.2, 0.25) is 0 Å². The number of piperidine rings is 1. The van der Waals surface area contributed by atoms with E-state index in [2.05, 4.69) is 23.9 Å². The lowest BCUT2D eigenvalue weighted by Crippen LogP contribution is -2.42. The van der Waals surface area contributed by atoms with E-state index in [0.717, 1.165) is 43.6 Å². The molecule has 0 N–H and O–H groups in total. The van der Waals surface area contributed by atoms with Gasteiger partial charge in [0, 0.05) is 25.2 Å². The van der Waals surface area contributed by atoms with Crippen LogP contribution >= 0.6 is 0 Å². The zero-order chi connectivity index (χ0) is 14.7. The van der Waals surface area contributed by atoms with Gasteiger partial charge in [0.2, 0.25) is 0 Å². The van der Waals surface area contributed by atoms with Crippen LogP contribution in [0.5, 0.6) is 0 Å². The van der Waals surface area contributed by atoms with E-state index in [9.17, 15) is 10.1 Å². The Kier molecular flexibility index (Phi) is 4.60. The molecule has 0 bridgehead atoms. The van der Waals surface area contributed by atoms with Crippen LogP contribution in [-0.2, 0) is 6.42 Å². The van der Waals surface area contributed by atoms with Crippen molar-refractivity contribution in [3.8, 4) is 0 Å². The highest BCUT2D eigenvalue weighted by Crippen LogP contribution is 2.31. The average molecular weight is 277 g/mol. The van der Waals surface area contributed by atoms with Crippen LogP contribution in [0.15, 0.2) is 18.2 Å². The molecule has 0 aliphatic carbocycles. The molecule has 0 aromatic heterocycles. The van der Waals surface area contributed by atoms with E-state index >= 15 is 0 Å². The quantitative estimate of drug-likeness (QED) is 0.627. The maximum absolute atomic E-state index is 11.3. The molecule has 1 aromatic rings. The normalized spacial score (nSPS) is 16.7. The molecule has 0 saturated carbocycles.